The summed E-state index contributed by atoms with van der Waals surface area (Å²) < 4.78 is 37.4. The number of para-hydroxylation sites is 1. The molecule has 0 atom stereocenters. The SMILES string of the molecule is CN(CC(=O)Nc1ccc(Cl)cc1)C(=O)CNc1ccccc1CCC(F)(F)F. The third-order valence-corrected chi connectivity index (χ3v) is 4.31. The fourth-order valence-electron chi connectivity index (χ4n) is 2.53. The highest BCUT2D eigenvalue weighted by atomic mass is 35.5. The predicted molar refractivity (Wildman–Crippen MR) is 107 cm³/mol. The molecule has 0 spiro atoms. The summed E-state index contributed by atoms with van der Waals surface area (Å²) in [5, 5.41) is 6.04. The van der Waals surface area contributed by atoms with Crippen molar-refractivity contribution >= 4 is 34.8 Å². The second kappa shape index (κ2) is 10.2. The van der Waals surface area contributed by atoms with Crippen LogP contribution in [-0.4, -0.2) is 43.0 Å². The summed E-state index contributed by atoms with van der Waals surface area (Å²) in [5.41, 5.74) is 1.49. The monoisotopic (exact) mass is 427 g/mol. The normalized spacial score (nSPS) is 11.1. The van der Waals surface area contributed by atoms with Gasteiger partial charge in [-0.05, 0) is 42.3 Å². The molecule has 0 saturated heterocycles. The van der Waals surface area contributed by atoms with Crippen LogP contribution < -0.4 is 10.6 Å². The summed E-state index contributed by atoms with van der Waals surface area (Å²) in [6.07, 6.45) is -5.37. The fourth-order valence-corrected chi connectivity index (χ4v) is 2.66. The number of nitrogens with one attached hydrogen (secondary N) is 2. The van der Waals surface area contributed by atoms with E-state index in [0.717, 1.165) is 0 Å². The van der Waals surface area contributed by atoms with Crippen molar-refractivity contribution in [3.05, 3.63) is 59.1 Å². The zero-order valence-corrected chi connectivity index (χ0v) is 16.5. The molecule has 0 unspecified atom stereocenters. The summed E-state index contributed by atoms with van der Waals surface area (Å²) in [7, 11) is 1.47. The van der Waals surface area contributed by atoms with E-state index in [1.54, 1.807) is 48.5 Å². The third-order valence-electron chi connectivity index (χ3n) is 4.06. The number of likely N-dealkylation sites (N-methyl/N-ethyl adjacent to an activating group) is 1. The van der Waals surface area contributed by atoms with E-state index in [2.05, 4.69) is 10.6 Å². The number of benzene rings is 2. The fraction of sp³-hybridized carbons (Fsp3) is 0.300. The van der Waals surface area contributed by atoms with Crippen LogP contribution in [0, 0.1) is 0 Å². The van der Waals surface area contributed by atoms with E-state index < -0.39 is 12.6 Å². The molecule has 9 heteroatoms. The first-order chi connectivity index (χ1) is 13.6. The van der Waals surface area contributed by atoms with Gasteiger partial charge in [0.25, 0.3) is 0 Å². The molecule has 0 bridgehead atoms. The molecule has 2 aromatic rings. The molecule has 2 amide bonds. The number of aryl methyl sites for hydroxylation is 1. The first kappa shape index (κ1) is 22.5. The van der Waals surface area contributed by atoms with Crippen molar-refractivity contribution in [1.29, 1.82) is 0 Å². The molecule has 29 heavy (non-hydrogen) atoms. The van der Waals surface area contributed by atoms with E-state index in [4.69, 9.17) is 11.6 Å². The second-order valence-electron chi connectivity index (χ2n) is 6.43. The van der Waals surface area contributed by atoms with Crippen LogP contribution in [0.3, 0.4) is 0 Å². The minimum absolute atomic E-state index is 0.145. The Morgan fingerprint density at radius 2 is 1.72 bits per heavy atom. The van der Waals surface area contributed by atoms with Gasteiger partial charge in [-0.3, -0.25) is 9.59 Å². The van der Waals surface area contributed by atoms with Crippen molar-refractivity contribution in [1.82, 2.24) is 4.90 Å². The molecule has 0 saturated carbocycles. The molecule has 156 valence electrons. The van der Waals surface area contributed by atoms with Gasteiger partial charge in [0.05, 0.1) is 13.1 Å². The molecule has 0 aliphatic carbocycles. The number of halogens is 4. The van der Waals surface area contributed by atoms with E-state index in [1.807, 2.05) is 0 Å². The Hall–Kier alpha value is -2.74. The van der Waals surface area contributed by atoms with Crippen LogP contribution >= 0.6 is 11.6 Å². The molecule has 0 fully saturated rings. The molecular weight excluding hydrogens is 407 g/mol. The number of hydrogen-bond acceptors (Lipinski definition) is 3. The smallest absolute Gasteiger partial charge is 0.376 e. The molecule has 0 heterocycles. The van der Waals surface area contributed by atoms with Crippen LogP contribution in [0.5, 0.6) is 0 Å². The van der Waals surface area contributed by atoms with Crippen LogP contribution in [0.2, 0.25) is 5.02 Å². The maximum Gasteiger partial charge on any atom is 0.389 e. The lowest BCUT2D eigenvalue weighted by Crippen LogP contribution is -2.38. The number of carbonyl (C=O) groups is 2. The highest BCUT2D eigenvalue weighted by molar-refractivity contribution is 6.30. The Morgan fingerprint density at radius 1 is 1.07 bits per heavy atom. The Bertz CT molecular complexity index is 842. The number of carbonyl (C=O) groups excluding carboxylic acids is 2. The van der Waals surface area contributed by atoms with Gasteiger partial charge in [-0.25, -0.2) is 0 Å². The van der Waals surface area contributed by atoms with Crippen molar-refractivity contribution in [3.63, 3.8) is 0 Å². The van der Waals surface area contributed by atoms with Crippen LogP contribution in [0.1, 0.15) is 12.0 Å². The lowest BCUT2D eigenvalue weighted by atomic mass is 10.1. The lowest BCUT2D eigenvalue weighted by Gasteiger charge is -2.18. The zero-order valence-electron chi connectivity index (χ0n) is 15.7. The van der Waals surface area contributed by atoms with E-state index in [0.29, 0.717) is 22.0 Å². The van der Waals surface area contributed by atoms with Crippen LogP contribution in [0.15, 0.2) is 48.5 Å². The number of hydrogen-bond donors (Lipinski definition) is 2. The number of alkyl halides is 3. The minimum atomic E-state index is -4.25. The number of amides is 2. The Labute approximate surface area is 171 Å². The maximum atomic E-state index is 12.5. The van der Waals surface area contributed by atoms with Gasteiger partial charge in [0.1, 0.15) is 0 Å². The van der Waals surface area contributed by atoms with E-state index in [-0.39, 0.29) is 31.3 Å². The largest absolute Gasteiger partial charge is 0.389 e. The molecule has 0 aliphatic rings. The van der Waals surface area contributed by atoms with E-state index >= 15 is 0 Å². The summed E-state index contributed by atoms with van der Waals surface area (Å²) in [5.74, 6) is -0.754. The van der Waals surface area contributed by atoms with E-state index in [9.17, 15) is 22.8 Å². The first-order valence-corrected chi connectivity index (χ1v) is 9.20. The Balaban J connectivity index is 1.85. The molecular formula is C20H21ClF3N3O2. The van der Waals surface area contributed by atoms with Crippen LogP contribution in [0.4, 0.5) is 24.5 Å². The Kier molecular flexibility index (Phi) is 7.90. The zero-order chi connectivity index (χ0) is 21.4. The van der Waals surface area contributed by atoms with Gasteiger partial charge < -0.3 is 15.5 Å². The van der Waals surface area contributed by atoms with Crippen molar-refractivity contribution in [2.45, 2.75) is 19.0 Å². The van der Waals surface area contributed by atoms with E-state index in [1.165, 1.54) is 11.9 Å². The molecule has 0 aromatic heterocycles. The molecule has 2 N–H and O–H groups in total. The van der Waals surface area contributed by atoms with Gasteiger partial charge in [0.15, 0.2) is 0 Å². The summed E-state index contributed by atoms with van der Waals surface area (Å²) in [6.45, 7) is -0.313. The summed E-state index contributed by atoms with van der Waals surface area (Å²) >= 11 is 5.78. The molecule has 0 aliphatic heterocycles. The predicted octanol–water partition coefficient (Wildman–Crippen LogP) is 4.34. The molecule has 0 radical (unpaired) electrons. The second-order valence-corrected chi connectivity index (χ2v) is 6.87. The lowest BCUT2D eigenvalue weighted by molar-refractivity contribution is -0.134. The number of nitrogens with zero attached hydrogens (tertiary/aromatic N) is 1. The van der Waals surface area contributed by atoms with Gasteiger partial charge in [0, 0.05) is 29.9 Å². The number of anilines is 2. The quantitative estimate of drug-likeness (QED) is 0.658. The van der Waals surface area contributed by atoms with Gasteiger partial charge in [-0.2, -0.15) is 13.2 Å². The summed E-state index contributed by atoms with van der Waals surface area (Å²) in [6, 6.07) is 13.1. The van der Waals surface area contributed by atoms with Gasteiger partial charge >= 0.3 is 6.18 Å². The van der Waals surface area contributed by atoms with Gasteiger partial charge in [-0.1, -0.05) is 29.8 Å². The standard InChI is InChI=1S/C20H21ClF3N3O2/c1-27(13-18(28)26-16-8-6-15(21)7-9-16)19(29)12-25-17-5-3-2-4-14(17)10-11-20(22,23)24/h2-9,25H,10-13H2,1H3,(H,26,28). The molecule has 2 aromatic carbocycles. The average molecular weight is 428 g/mol. The van der Waals surface area contributed by atoms with Crippen molar-refractivity contribution in [2.75, 3.05) is 30.8 Å². The van der Waals surface area contributed by atoms with Gasteiger partial charge in [0.2, 0.25) is 11.8 Å². The topological polar surface area (TPSA) is 61.4 Å². The van der Waals surface area contributed by atoms with Crippen LogP contribution in [0.25, 0.3) is 0 Å². The molecule has 2 rings (SSSR count). The average Bonchev–Trinajstić information content (AvgIpc) is 2.66. The highest BCUT2D eigenvalue weighted by Gasteiger charge is 2.27. The number of rotatable bonds is 8. The van der Waals surface area contributed by atoms with Gasteiger partial charge in [-0.15, -0.1) is 0 Å². The van der Waals surface area contributed by atoms with Crippen molar-refractivity contribution in [2.24, 2.45) is 0 Å². The molecule has 5 nitrogen and oxygen atoms in total. The van der Waals surface area contributed by atoms with Crippen molar-refractivity contribution < 1.29 is 22.8 Å². The first-order valence-electron chi connectivity index (χ1n) is 8.82. The summed E-state index contributed by atoms with van der Waals surface area (Å²) in [4.78, 5) is 25.6. The Morgan fingerprint density at radius 3 is 2.38 bits per heavy atom. The van der Waals surface area contributed by atoms with Crippen molar-refractivity contribution in [3.8, 4) is 0 Å². The van der Waals surface area contributed by atoms with Crippen LogP contribution in [-0.2, 0) is 16.0 Å². The minimum Gasteiger partial charge on any atom is -0.376 e. The third kappa shape index (κ3) is 8.03. The highest BCUT2D eigenvalue weighted by Crippen LogP contribution is 2.25. The maximum absolute atomic E-state index is 12.5.